The van der Waals surface area contributed by atoms with Crippen LogP contribution in [0.15, 0.2) is 24.3 Å². The Morgan fingerprint density at radius 1 is 1.35 bits per heavy atom. The van der Waals surface area contributed by atoms with E-state index in [0.29, 0.717) is 6.42 Å². The minimum Gasteiger partial charge on any atom is -0.350 e. The van der Waals surface area contributed by atoms with Gasteiger partial charge in [0.25, 0.3) is 0 Å². The van der Waals surface area contributed by atoms with Crippen molar-refractivity contribution >= 4 is 5.91 Å². The monoisotopic (exact) mass is 276 g/mol. The Morgan fingerprint density at radius 2 is 2.00 bits per heavy atom. The molecule has 0 heterocycles. The summed E-state index contributed by atoms with van der Waals surface area (Å²) in [5.41, 5.74) is 8.52. The van der Waals surface area contributed by atoms with Gasteiger partial charge in [-0.15, -0.1) is 0 Å². The van der Waals surface area contributed by atoms with E-state index in [2.05, 4.69) is 45.1 Å². The molecule has 1 aromatic carbocycles. The molecule has 0 saturated heterocycles. The van der Waals surface area contributed by atoms with Crippen LogP contribution in [0.3, 0.4) is 0 Å². The number of hydrogen-bond acceptors (Lipinski definition) is 2. The minimum absolute atomic E-state index is 0.0178. The van der Waals surface area contributed by atoms with Gasteiger partial charge in [-0.1, -0.05) is 50.6 Å². The molecule has 0 spiro atoms. The summed E-state index contributed by atoms with van der Waals surface area (Å²) in [4.78, 5) is 12.0. The van der Waals surface area contributed by atoms with Gasteiger partial charge in [-0.05, 0) is 31.2 Å². The van der Waals surface area contributed by atoms with Crippen molar-refractivity contribution in [1.29, 1.82) is 0 Å². The number of carbonyl (C=O) groups is 1. The van der Waals surface area contributed by atoms with Gasteiger partial charge in [-0.25, -0.2) is 0 Å². The molecule has 112 valence electrons. The maximum Gasteiger partial charge on any atom is 0.222 e. The summed E-state index contributed by atoms with van der Waals surface area (Å²) in [5.74, 6) is 0.0238. The predicted octanol–water partition coefficient (Wildman–Crippen LogP) is 3.33. The first-order valence-electron chi connectivity index (χ1n) is 7.29. The van der Waals surface area contributed by atoms with E-state index >= 15 is 0 Å². The van der Waals surface area contributed by atoms with Gasteiger partial charge in [0.1, 0.15) is 0 Å². The fourth-order valence-electron chi connectivity index (χ4n) is 2.42. The van der Waals surface area contributed by atoms with E-state index in [1.54, 1.807) is 0 Å². The number of nitrogens with one attached hydrogen (secondary N) is 1. The largest absolute Gasteiger partial charge is 0.350 e. The van der Waals surface area contributed by atoms with E-state index in [4.69, 9.17) is 5.73 Å². The van der Waals surface area contributed by atoms with E-state index in [9.17, 15) is 4.79 Å². The molecule has 0 saturated carbocycles. The maximum atomic E-state index is 12.0. The molecule has 0 radical (unpaired) electrons. The summed E-state index contributed by atoms with van der Waals surface area (Å²) in [6.45, 7) is 10.5. The molecule has 0 aliphatic heterocycles. The third kappa shape index (κ3) is 6.20. The molecule has 3 N–H and O–H groups in total. The molecule has 1 amide bonds. The summed E-state index contributed by atoms with van der Waals surface area (Å²) in [5, 5.41) is 3.02. The van der Waals surface area contributed by atoms with Crippen LogP contribution in [0.1, 0.15) is 57.7 Å². The first-order valence-corrected chi connectivity index (χ1v) is 7.29. The fraction of sp³-hybridized carbons (Fsp3) is 0.588. The highest BCUT2D eigenvalue weighted by molar-refractivity contribution is 5.77. The zero-order valence-electron chi connectivity index (χ0n) is 13.4. The first-order chi connectivity index (χ1) is 9.17. The summed E-state index contributed by atoms with van der Waals surface area (Å²) in [6.07, 6.45) is 1.23. The molecule has 0 bridgehead atoms. The second kappa shape index (κ2) is 6.89. The highest BCUT2D eigenvalue weighted by Gasteiger charge is 2.19. The number of nitrogens with two attached hydrogens (primary N) is 1. The molecule has 0 aliphatic carbocycles. The van der Waals surface area contributed by atoms with Crippen molar-refractivity contribution in [3.63, 3.8) is 0 Å². The standard InChI is InChI=1S/C17H28N2O/c1-12-7-6-8-14(9-12)13(2)19-16(20)10-15(18)11-17(3,4)5/h6-9,13,15H,10-11,18H2,1-5H3,(H,19,20)/t13-,15?/m1/s1. The van der Waals surface area contributed by atoms with E-state index in [1.165, 1.54) is 5.56 Å². The van der Waals surface area contributed by atoms with Gasteiger partial charge in [0.15, 0.2) is 0 Å². The van der Waals surface area contributed by atoms with Crippen molar-refractivity contribution < 1.29 is 4.79 Å². The lowest BCUT2D eigenvalue weighted by Crippen LogP contribution is -2.35. The lowest BCUT2D eigenvalue weighted by atomic mass is 9.87. The van der Waals surface area contributed by atoms with Gasteiger partial charge in [0.2, 0.25) is 5.91 Å². The Kier molecular flexibility index (Phi) is 5.75. The molecule has 20 heavy (non-hydrogen) atoms. The molecule has 1 rings (SSSR count). The van der Waals surface area contributed by atoms with Crippen molar-refractivity contribution in [1.82, 2.24) is 5.32 Å². The predicted molar refractivity (Wildman–Crippen MR) is 84.4 cm³/mol. The van der Waals surface area contributed by atoms with Crippen molar-refractivity contribution in [2.24, 2.45) is 11.1 Å². The van der Waals surface area contributed by atoms with Crippen LogP contribution in [-0.4, -0.2) is 11.9 Å². The van der Waals surface area contributed by atoms with E-state index in [1.807, 2.05) is 19.1 Å². The SMILES string of the molecule is Cc1cccc([C@@H](C)NC(=O)CC(N)CC(C)(C)C)c1. The quantitative estimate of drug-likeness (QED) is 0.866. The van der Waals surface area contributed by atoms with Gasteiger partial charge in [0.05, 0.1) is 6.04 Å². The molecule has 0 aliphatic rings. The topological polar surface area (TPSA) is 55.1 Å². The van der Waals surface area contributed by atoms with E-state index < -0.39 is 0 Å². The third-order valence-corrected chi connectivity index (χ3v) is 3.24. The number of rotatable bonds is 5. The van der Waals surface area contributed by atoms with Crippen LogP contribution in [-0.2, 0) is 4.79 Å². The van der Waals surface area contributed by atoms with Gasteiger partial charge in [-0.3, -0.25) is 4.79 Å². The molecular formula is C17H28N2O. The highest BCUT2D eigenvalue weighted by Crippen LogP contribution is 2.21. The molecule has 1 aromatic rings. The zero-order chi connectivity index (χ0) is 15.3. The molecule has 3 nitrogen and oxygen atoms in total. The lowest BCUT2D eigenvalue weighted by Gasteiger charge is -2.23. The Balaban J connectivity index is 2.50. The molecule has 0 aromatic heterocycles. The van der Waals surface area contributed by atoms with Gasteiger partial charge < -0.3 is 11.1 Å². The highest BCUT2D eigenvalue weighted by atomic mass is 16.1. The number of hydrogen-bond donors (Lipinski definition) is 2. The van der Waals surface area contributed by atoms with E-state index in [-0.39, 0.29) is 23.4 Å². The molecule has 2 atom stereocenters. The Bertz CT molecular complexity index is 449. The van der Waals surface area contributed by atoms with Gasteiger partial charge in [-0.2, -0.15) is 0 Å². The Hall–Kier alpha value is -1.35. The first kappa shape index (κ1) is 16.7. The Morgan fingerprint density at radius 3 is 2.55 bits per heavy atom. The van der Waals surface area contributed by atoms with Crippen molar-refractivity contribution in [2.75, 3.05) is 0 Å². The number of amides is 1. The maximum absolute atomic E-state index is 12.0. The van der Waals surface area contributed by atoms with Crippen LogP contribution in [0.2, 0.25) is 0 Å². The summed E-state index contributed by atoms with van der Waals surface area (Å²) in [7, 11) is 0. The summed E-state index contributed by atoms with van der Waals surface area (Å²) < 4.78 is 0. The molecule has 1 unspecified atom stereocenters. The van der Waals surface area contributed by atoms with Crippen LogP contribution < -0.4 is 11.1 Å². The second-order valence-corrected chi connectivity index (χ2v) is 6.93. The van der Waals surface area contributed by atoms with Crippen LogP contribution in [0.25, 0.3) is 0 Å². The summed E-state index contributed by atoms with van der Waals surface area (Å²) >= 11 is 0. The minimum atomic E-state index is -0.0836. The Labute approximate surface area is 122 Å². The lowest BCUT2D eigenvalue weighted by molar-refractivity contribution is -0.122. The number of benzene rings is 1. The smallest absolute Gasteiger partial charge is 0.222 e. The van der Waals surface area contributed by atoms with Crippen LogP contribution >= 0.6 is 0 Å². The fourth-order valence-corrected chi connectivity index (χ4v) is 2.42. The summed E-state index contributed by atoms with van der Waals surface area (Å²) in [6, 6.07) is 8.13. The van der Waals surface area contributed by atoms with Crippen molar-refractivity contribution in [3.8, 4) is 0 Å². The van der Waals surface area contributed by atoms with Crippen molar-refractivity contribution in [3.05, 3.63) is 35.4 Å². The normalized spacial score (nSPS) is 14.7. The van der Waals surface area contributed by atoms with E-state index in [0.717, 1.165) is 12.0 Å². The average Bonchev–Trinajstić information content (AvgIpc) is 2.25. The van der Waals surface area contributed by atoms with Crippen LogP contribution in [0, 0.1) is 12.3 Å². The number of carbonyl (C=O) groups excluding carboxylic acids is 1. The van der Waals surface area contributed by atoms with Crippen LogP contribution in [0.5, 0.6) is 0 Å². The molecular weight excluding hydrogens is 248 g/mol. The number of aryl methyl sites for hydroxylation is 1. The van der Waals surface area contributed by atoms with Gasteiger partial charge in [0, 0.05) is 12.5 Å². The molecule has 0 fully saturated rings. The second-order valence-electron chi connectivity index (χ2n) is 6.93. The third-order valence-electron chi connectivity index (χ3n) is 3.24. The zero-order valence-corrected chi connectivity index (χ0v) is 13.4. The molecule has 3 heteroatoms. The van der Waals surface area contributed by atoms with Gasteiger partial charge >= 0.3 is 0 Å². The van der Waals surface area contributed by atoms with Crippen molar-refractivity contribution in [2.45, 2.75) is 59.5 Å². The van der Waals surface area contributed by atoms with Crippen LogP contribution in [0.4, 0.5) is 0 Å². The average molecular weight is 276 g/mol.